The van der Waals surface area contributed by atoms with E-state index in [-0.39, 0.29) is 51.0 Å². The van der Waals surface area contributed by atoms with Gasteiger partial charge in [0.25, 0.3) is 0 Å². The molecule has 0 N–H and O–H groups in total. The molecule has 25 heavy (non-hydrogen) atoms. The van der Waals surface area contributed by atoms with E-state index < -0.39 is 0 Å². The predicted octanol–water partition coefficient (Wildman–Crippen LogP) is 0.540. The molecule has 0 aromatic carbocycles. The molecule has 4 rings (SSSR count). The van der Waals surface area contributed by atoms with Crippen molar-refractivity contribution in [3.8, 4) is 0 Å². The van der Waals surface area contributed by atoms with Gasteiger partial charge in [0, 0.05) is 0 Å². The van der Waals surface area contributed by atoms with Crippen molar-refractivity contribution < 1.29 is 51.0 Å². The third kappa shape index (κ3) is 6.09. The second-order valence-corrected chi connectivity index (χ2v) is 7.62. The van der Waals surface area contributed by atoms with E-state index in [1.165, 1.54) is 49.7 Å². The summed E-state index contributed by atoms with van der Waals surface area (Å²) < 4.78 is 0. The maximum atomic E-state index is 2.42. The Morgan fingerprint density at radius 3 is 1.44 bits per heavy atom. The van der Waals surface area contributed by atoms with Crippen LogP contribution in [0.25, 0.3) is 0 Å². The van der Waals surface area contributed by atoms with E-state index in [4.69, 9.17) is 0 Å². The number of fused-ring (bicyclic) bond motifs is 2. The third-order valence-corrected chi connectivity index (χ3v) is 5.61. The van der Waals surface area contributed by atoms with E-state index in [0.717, 1.165) is 11.8 Å². The first-order chi connectivity index (χ1) is 10.5. The minimum Gasteiger partial charge on any atom is -1.00 e. The first-order valence-electron chi connectivity index (χ1n) is 8.97. The Balaban J connectivity index is 0.000000411. The summed E-state index contributed by atoms with van der Waals surface area (Å²) >= 11 is 0. The number of allylic oxidation sites excluding steroid dienone is 8. The fourth-order valence-electron chi connectivity index (χ4n) is 4.72. The van der Waals surface area contributed by atoms with E-state index in [1.54, 1.807) is 22.3 Å². The van der Waals surface area contributed by atoms with Crippen molar-refractivity contribution in [2.24, 2.45) is 11.8 Å². The molecule has 3 heteroatoms. The van der Waals surface area contributed by atoms with Crippen molar-refractivity contribution in [2.75, 3.05) is 0 Å². The molecule has 0 amide bonds. The number of hydrogen-bond acceptors (Lipinski definition) is 0. The van der Waals surface area contributed by atoms with Crippen LogP contribution in [0.4, 0.5) is 0 Å². The van der Waals surface area contributed by atoms with Crippen molar-refractivity contribution in [2.45, 2.75) is 66.2 Å². The van der Waals surface area contributed by atoms with Gasteiger partial charge in [0.2, 0.25) is 0 Å². The maximum Gasteiger partial charge on any atom is 4.00 e. The topological polar surface area (TPSA) is 0 Å². The minimum absolute atomic E-state index is 0. The van der Waals surface area contributed by atoms with Gasteiger partial charge in [0.05, 0.1) is 0 Å². The minimum atomic E-state index is 0. The van der Waals surface area contributed by atoms with Gasteiger partial charge in [0.15, 0.2) is 0 Å². The Kier molecular flexibility index (Phi) is 11.2. The summed E-state index contributed by atoms with van der Waals surface area (Å²) in [6.07, 6.45) is 17.5. The molecule has 0 heterocycles. The van der Waals surface area contributed by atoms with Gasteiger partial charge in [0.1, 0.15) is 0 Å². The number of rotatable bonds is 0. The van der Waals surface area contributed by atoms with E-state index in [1.807, 2.05) is 0 Å². The van der Waals surface area contributed by atoms with Gasteiger partial charge in [-0.2, -0.15) is 11.1 Å². The molecule has 0 spiro atoms. The molecule has 0 nitrogen and oxygen atoms in total. The number of halogens is 2. The number of hydrogen-bond donors (Lipinski definition) is 0. The zero-order chi connectivity index (χ0) is 15.7. The van der Waals surface area contributed by atoms with E-state index in [0.29, 0.717) is 0 Å². The second-order valence-electron chi connectivity index (χ2n) is 7.62. The Bertz CT molecular complexity index is 529. The van der Waals surface area contributed by atoms with Crippen LogP contribution in [0, 0.1) is 24.7 Å². The van der Waals surface area contributed by atoms with Gasteiger partial charge in [-0.25, -0.2) is 24.0 Å². The molecule has 0 aromatic heterocycles. The Morgan fingerprint density at radius 2 is 1.08 bits per heavy atom. The van der Waals surface area contributed by atoms with Gasteiger partial charge < -0.3 is 24.8 Å². The van der Waals surface area contributed by atoms with Crippen LogP contribution in [0.2, 0.25) is 0 Å². The summed E-state index contributed by atoms with van der Waals surface area (Å²) in [5.41, 5.74) is 9.41. The zero-order valence-electron chi connectivity index (χ0n) is 16.0. The van der Waals surface area contributed by atoms with Crippen LogP contribution < -0.4 is 24.8 Å². The van der Waals surface area contributed by atoms with Crippen LogP contribution >= 0.6 is 0 Å². The fourth-order valence-corrected chi connectivity index (χ4v) is 4.72. The van der Waals surface area contributed by atoms with Crippen LogP contribution in [0.1, 0.15) is 66.2 Å². The average molecular weight is 457 g/mol. The molecule has 4 aliphatic rings. The average Bonchev–Trinajstić information content (AvgIpc) is 3.07. The standard InChI is InChI=1S/2C11H15.2ClH.Zr/c2*1-8-6-9(2)11-5-3-4-10(11)7-8;;;/h2*5-6,10H,3-4,7H2,1-2H3;2*1H;/q2*-1;;;+4/p-2. The molecule has 2 saturated carbocycles. The van der Waals surface area contributed by atoms with Crippen LogP contribution in [0.3, 0.4) is 0 Å². The molecule has 0 radical (unpaired) electrons. The molecule has 4 aliphatic carbocycles. The van der Waals surface area contributed by atoms with Gasteiger partial charge >= 0.3 is 26.2 Å². The quantitative estimate of drug-likeness (QED) is 0.467. The third-order valence-electron chi connectivity index (χ3n) is 5.61. The molecule has 2 unspecified atom stereocenters. The molecule has 2 fully saturated rings. The predicted molar refractivity (Wildman–Crippen MR) is 96.2 cm³/mol. The summed E-state index contributed by atoms with van der Waals surface area (Å²) in [6.45, 7) is 8.98. The van der Waals surface area contributed by atoms with Crippen molar-refractivity contribution in [1.82, 2.24) is 0 Å². The van der Waals surface area contributed by atoms with Crippen molar-refractivity contribution in [1.29, 1.82) is 0 Å². The summed E-state index contributed by atoms with van der Waals surface area (Å²) in [4.78, 5) is 0. The fraction of sp³-hybridized carbons (Fsp3) is 0.545. The first-order valence-corrected chi connectivity index (χ1v) is 8.97. The largest absolute Gasteiger partial charge is 4.00 e. The normalized spacial score (nSPS) is 26.1. The molecular weight excluding hydrogens is 426 g/mol. The summed E-state index contributed by atoms with van der Waals surface area (Å²) in [6, 6.07) is 0. The van der Waals surface area contributed by atoms with Gasteiger partial charge in [-0.05, 0) is 38.5 Å². The van der Waals surface area contributed by atoms with Crippen molar-refractivity contribution in [3.63, 3.8) is 0 Å². The van der Waals surface area contributed by atoms with E-state index >= 15 is 0 Å². The first kappa shape index (κ1) is 25.2. The molecule has 0 bridgehead atoms. The summed E-state index contributed by atoms with van der Waals surface area (Å²) in [5.74, 6) is 1.75. The molecule has 0 aromatic rings. The van der Waals surface area contributed by atoms with Crippen molar-refractivity contribution >= 4 is 0 Å². The van der Waals surface area contributed by atoms with Gasteiger partial charge in [-0.3, -0.25) is 0 Å². The van der Waals surface area contributed by atoms with Crippen LogP contribution in [-0.4, -0.2) is 0 Å². The van der Waals surface area contributed by atoms with Crippen LogP contribution in [0.5, 0.6) is 0 Å². The second kappa shape index (κ2) is 11.1. The summed E-state index contributed by atoms with van der Waals surface area (Å²) in [5, 5.41) is 0. The Morgan fingerprint density at radius 1 is 0.720 bits per heavy atom. The molecule has 0 saturated heterocycles. The monoisotopic (exact) mass is 454 g/mol. The zero-order valence-corrected chi connectivity index (χ0v) is 19.9. The maximum absolute atomic E-state index is 2.42. The summed E-state index contributed by atoms with van der Waals surface area (Å²) in [7, 11) is 0. The van der Waals surface area contributed by atoms with Gasteiger partial charge in [-0.1, -0.05) is 24.0 Å². The smallest absolute Gasteiger partial charge is 1.00 e. The Hall–Kier alpha value is 0.163. The molecule has 0 aliphatic heterocycles. The van der Waals surface area contributed by atoms with Crippen molar-refractivity contribution in [3.05, 3.63) is 58.4 Å². The van der Waals surface area contributed by atoms with Crippen LogP contribution in [-0.2, 0) is 26.2 Å². The SMILES string of the molecule is CC1=CC(C)=C2[CH-]CCC2C1.CC1=CC(C)=C2[CH-]CCC2C1.[Cl-].[Cl-].[Zr+4]. The molecule has 136 valence electrons. The molecule has 2 atom stereocenters. The van der Waals surface area contributed by atoms with Crippen LogP contribution in [0.15, 0.2) is 45.6 Å². The van der Waals surface area contributed by atoms with E-state index in [2.05, 4.69) is 52.7 Å². The molecular formula is C22H30Cl2Zr. The Labute approximate surface area is 186 Å². The van der Waals surface area contributed by atoms with E-state index in [9.17, 15) is 0 Å². The van der Waals surface area contributed by atoms with Gasteiger partial charge in [-0.15, -0.1) is 38.8 Å².